The fourth-order valence-corrected chi connectivity index (χ4v) is 3.48. The maximum Gasteiger partial charge on any atom is 0.271 e. The Balaban J connectivity index is 1.70. The second-order valence-corrected chi connectivity index (χ2v) is 7.26. The van der Waals surface area contributed by atoms with Crippen molar-refractivity contribution in [1.82, 2.24) is 24.8 Å². The summed E-state index contributed by atoms with van der Waals surface area (Å²) in [4.78, 5) is 24.8. The Morgan fingerprint density at radius 1 is 1.27 bits per heavy atom. The van der Waals surface area contributed by atoms with Gasteiger partial charge in [-0.1, -0.05) is 23.7 Å². The molecule has 2 aromatic heterocycles. The Kier molecular flexibility index (Phi) is 4.28. The van der Waals surface area contributed by atoms with E-state index in [1.165, 1.54) is 0 Å². The topological polar surface area (TPSA) is 75.6 Å². The van der Waals surface area contributed by atoms with E-state index in [4.69, 9.17) is 11.6 Å². The first-order chi connectivity index (χ1) is 12.5. The van der Waals surface area contributed by atoms with Crippen LogP contribution in [0.2, 0.25) is 5.02 Å². The Morgan fingerprint density at radius 2 is 2.04 bits per heavy atom. The summed E-state index contributed by atoms with van der Waals surface area (Å²) in [6.07, 6.45) is 4.37. The maximum atomic E-state index is 12.5. The average Bonchev–Trinajstić information content (AvgIpc) is 3.23. The molecule has 1 aliphatic heterocycles. The molecule has 6 nitrogen and oxygen atoms in total. The molecule has 2 N–H and O–H groups in total. The lowest BCUT2D eigenvalue weighted by atomic mass is 9.94. The minimum absolute atomic E-state index is 0.151. The molecule has 0 saturated carbocycles. The van der Waals surface area contributed by atoms with Crippen molar-refractivity contribution in [2.75, 3.05) is 6.54 Å². The Bertz CT molecular complexity index is 941. The molecule has 1 atom stereocenters. The van der Waals surface area contributed by atoms with Gasteiger partial charge in [-0.15, -0.1) is 0 Å². The summed E-state index contributed by atoms with van der Waals surface area (Å²) >= 11 is 5.99. The third-order valence-electron chi connectivity index (χ3n) is 4.73. The van der Waals surface area contributed by atoms with Gasteiger partial charge in [-0.05, 0) is 38.0 Å². The molecule has 1 amide bonds. The zero-order valence-corrected chi connectivity index (χ0v) is 15.4. The lowest BCUT2D eigenvalue weighted by Gasteiger charge is -2.15. The Labute approximate surface area is 156 Å². The van der Waals surface area contributed by atoms with Crippen molar-refractivity contribution in [3.63, 3.8) is 0 Å². The van der Waals surface area contributed by atoms with Crippen LogP contribution in [0.25, 0.3) is 11.6 Å². The standard InChI is InChI=1S/C19H20ClN5O/c1-11(2)25-8-7-21-18(25)17-23-15-9-13(10-22-19(26)16(15)24-17)12-3-5-14(20)6-4-12/h3-8,11,13H,9-10H2,1-2H3,(H,22,26)(H,23,24)/t13-/m1/s1. The molecule has 26 heavy (non-hydrogen) atoms. The molecule has 0 radical (unpaired) electrons. The zero-order chi connectivity index (χ0) is 18.3. The van der Waals surface area contributed by atoms with E-state index in [0.717, 1.165) is 17.1 Å². The number of aromatic amines is 1. The number of aromatic nitrogens is 4. The van der Waals surface area contributed by atoms with Crippen molar-refractivity contribution in [2.45, 2.75) is 32.2 Å². The summed E-state index contributed by atoms with van der Waals surface area (Å²) in [6, 6.07) is 8.03. The average molecular weight is 370 g/mol. The highest BCUT2D eigenvalue weighted by Gasteiger charge is 2.27. The minimum atomic E-state index is -0.151. The summed E-state index contributed by atoms with van der Waals surface area (Å²) in [7, 11) is 0. The molecule has 0 saturated heterocycles. The number of amides is 1. The normalized spacial score (nSPS) is 17.1. The number of fused-ring (bicyclic) bond motifs is 1. The molecule has 0 unspecified atom stereocenters. The predicted molar refractivity (Wildman–Crippen MR) is 100 cm³/mol. The molecule has 3 aromatic rings. The van der Waals surface area contributed by atoms with Gasteiger partial charge in [0.15, 0.2) is 11.6 Å². The highest BCUT2D eigenvalue weighted by Crippen LogP contribution is 2.27. The van der Waals surface area contributed by atoms with Crippen LogP contribution in [0.15, 0.2) is 36.7 Å². The number of hydrogen-bond acceptors (Lipinski definition) is 3. The molecule has 0 bridgehead atoms. The molecule has 0 aliphatic carbocycles. The second kappa shape index (κ2) is 6.61. The van der Waals surface area contributed by atoms with Gasteiger partial charge in [-0.3, -0.25) is 4.79 Å². The van der Waals surface area contributed by atoms with Crippen molar-refractivity contribution < 1.29 is 4.79 Å². The van der Waals surface area contributed by atoms with Gasteiger partial charge in [0.1, 0.15) is 5.69 Å². The van der Waals surface area contributed by atoms with Crippen molar-refractivity contribution >= 4 is 17.5 Å². The number of imidazole rings is 2. The quantitative estimate of drug-likeness (QED) is 0.741. The van der Waals surface area contributed by atoms with Crippen LogP contribution in [0.3, 0.4) is 0 Å². The molecular formula is C19H20ClN5O. The van der Waals surface area contributed by atoms with Gasteiger partial charge in [0.25, 0.3) is 5.91 Å². The lowest BCUT2D eigenvalue weighted by molar-refractivity contribution is 0.0950. The van der Waals surface area contributed by atoms with E-state index >= 15 is 0 Å². The van der Waals surface area contributed by atoms with Crippen LogP contribution >= 0.6 is 11.6 Å². The fourth-order valence-electron chi connectivity index (χ4n) is 3.35. The largest absolute Gasteiger partial charge is 0.350 e. The highest BCUT2D eigenvalue weighted by atomic mass is 35.5. The molecule has 4 rings (SSSR count). The van der Waals surface area contributed by atoms with Crippen LogP contribution < -0.4 is 5.32 Å². The third kappa shape index (κ3) is 3.01. The summed E-state index contributed by atoms with van der Waals surface area (Å²) in [5, 5.41) is 3.68. The van der Waals surface area contributed by atoms with Gasteiger partial charge < -0.3 is 14.9 Å². The number of rotatable bonds is 3. The molecule has 3 heterocycles. The zero-order valence-electron chi connectivity index (χ0n) is 14.7. The van der Waals surface area contributed by atoms with Crippen LogP contribution in [0.1, 0.15) is 47.6 Å². The van der Waals surface area contributed by atoms with Crippen molar-refractivity contribution in [1.29, 1.82) is 0 Å². The van der Waals surface area contributed by atoms with Gasteiger partial charge >= 0.3 is 0 Å². The first-order valence-corrected chi connectivity index (χ1v) is 9.06. The first-order valence-electron chi connectivity index (χ1n) is 8.68. The Hall–Kier alpha value is -2.60. The van der Waals surface area contributed by atoms with Crippen molar-refractivity contribution in [3.8, 4) is 11.6 Å². The van der Waals surface area contributed by atoms with Crippen LogP contribution in [0.5, 0.6) is 0 Å². The van der Waals surface area contributed by atoms with E-state index in [2.05, 4.69) is 34.1 Å². The molecule has 1 aromatic carbocycles. The molecule has 7 heteroatoms. The smallest absolute Gasteiger partial charge is 0.271 e. The van der Waals surface area contributed by atoms with Gasteiger partial charge in [-0.2, -0.15) is 0 Å². The van der Waals surface area contributed by atoms with E-state index in [1.807, 2.05) is 35.0 Å². The number of nitrogens with one attached hydrogen (secondary N) is 2. The van der Waals surface area contributed by atoms with E-state index in [-0.39, 0.29) is 17.9 Å². The van der Waals surface area contributed by atoms with E-state index < -0.39 is 0 Å². The first kappa shape index (κ1) is 16.8. The van der Waals surface area contributed by atoms with Gasteiger partial charge in [0.05, 0.1) is 0 Å². The summed E-state index contributed by atoms with van der Waals surface area (Å²) in [5.41, 5.74) is 2.44. The fraction of sp³-hybridized carbons (Fsp3) is 0.316. The predicted octanol–water partition coefficient (Wildman–Crippen LogP) is 3.58. The van der Waals surface area contributed by atoms with Crippen molar-refractivity contribution in [3.05, 3.63) is 58.6 Å². The summed E-state index contributed by atoms with van der Waals surface area (Å²) < 4.78 is 2.03. The number of carbonyl (C=O) groups is 1. The SMILES string of the molecule is CC(C)n1ccnc1-c1nc2c([nH]1)C[C@@H](c1ccc(Cl)cc1)CNC2=O. The second-order valence-electron chi connectivity index (χ2n) is 6.83. The third-order valence-corrected chi connectivity index (χ3v) is 4.98. The molecule has 134 valence electrons. The van der Waals surface area contributed by atoms with Crippen molar-refractivity contribution in [2.24, 2.45) is 0 Å². The van der Waals surface area contributed by atoms with Gasteiger partial charge in [-0.25, -0.2) is 9.97 Å². The van der Waals surface area contributed by atoms with E-state index in [1.54, 1.807) is 6.20 Å². The van der Waals surface area contributed by atoms with Crippen LogP contribution in [0, 0.1) is 0 Å². The minimum Gasteiger partial charge on any atom is -0.350 e. The number of benzene rings is 1. The van der Waals surface area contributed by atoms with Crippen LogP contribution in [-0.4, -0.2) is 32.0 Å². The molecule has 0 spiro atoms. The lowest BCUT2D eigenvalue weighted by Crippen LogP contribution is -2.26. The number of H-pyrrole nitrogens is 1. The summed E-state index contributed by atoms with van der Waals surface area (Å²) in [5.74, 6) is 1.38. The number of carbonyl (C=O) groups excluding carboxylic acids is 1. The highest BCUT2D eigenvalue weighted by molar-refractivity contribution is 6.30. The maximum absolute atomic E-state index is 12.5. The van der Waals surface area contributed by atoms with E-state index in [0.29, 0.717) is 29.5 Å². The monoisotopic (exact) mass is 369 g/mol. The van der Waals surface area contributed by atoms with Crippen LogP contribution in [0.4, 0.5) is 0 Å². The van der Waals surface area contributed by atoms with Crippen LogP contribution in [-0.2, 0) is 6.42 Å². The van der Waals surface area contributed by atoms with E-state index in [9.17, 15) is 4.79 Å². The number of nitrogens with zero attached hydrogens (tertiary/aromatic N) is 3. The molecule has 0 fully saturated rings. The molecular weight excluding hydrogens is 350 g/mol. The van der Waals surface area contributed by atoms with Gasteiger partial charge in [0, 0.05) is 41.6 Å². The Morgan fingerprint density at radius 3 is 2.77 bits per heavy atom. The molecule has 1 aliphatic rings. The number of hydrogen-bond donors (Lipinski definition) is 2. The van der Waals surface area contributed by atoms with Gasteiger partial charge in [0.2, 0.25) is 0 Å². The number of halogens is 1. The summed E-state index contributed by atoms with van der Waals surface area (Å²) in [6.45, 7) is 4.74.